The minimum atomic E-state index is -0.397. The van der Waals surface area contributed by atoms with Crippen molar-refractivity contribution >= 4 is 5.91 Å². The maximum absolute atomic E-state index is 13.6. The molecule has 23 heavy (non-hydrogen) atoms. The SMILES string of the molecule is CCC1(CO)CCN(C(=O)CCc2ccc(OC)c(F)c2)CC1. The third-order valence-electron chi connectivity index (χ3n) is 5.11. The molecular weight excluding hydrogens is 297 g/mol. The largest absolute Gasteiger partial charge is 0.494 e. The number of halogens is 1. The minimum Gasteiger partial charge on any atom is -0.494 e. The molecule has 1 amide bonds. The number of aliphatic hydroxyl groups is 1. The lowest BCUT2D eigenvalue weighted by molar-refractivity contribution is -0.134. The first kappa shape index (κ1) is 17.7. The number of rotatable bonds is 6. The van der Waals surface area contributed by atoms with Crippen LogP contribution in [0.2, 0.25) is 0 Å². The molecule has 2 rings (SSSR count). The zero-order chi connectivity index (χ0) is 16.9. The molecule has 0 aliphatic carbocycles. The number of aryl methyl sites for hydroxylation is 1. The molecule has 1 N–H and O–H groups in total. The van der Waals surface area contributed by atoms with E-state index in [0.29, 0.717) is 25.9 Å². The molecule has 0 radical (unpaired) electrons. The predicted molar refractivity (Wildman–Crippen MR) is 86.9 cm³/mol. The van der Waals surface area contributed by atoms with Gasteiger partial charge in [-0.1, -0.05) is 13.0 Å². The second-order valence-electron chi connectivity index (χ2n) is 6.36. The summed E-state index contributed by atoms with van der Waals surface area (Å²) in [6.07, 6.45) is 3.54. The average molecular weight is 323 g/mol. The Labute approximate surface area is 137 Å². The number of carbonyl (C=O) groups is 1. The number of hydrogen-bond acceptors (Lipinski definition) is 3. The number of methoxy groups -OCH3 is 1. The molecular formula is C18H26FNO3. The Morgan fingerprint density at radius 3 is 2.61 bits per heavy atom. The van der Waals surface area contributed by atoms with Crippen molar-refractivity contribution in [3.63, 3.8) is 0 Å². The van der Waals surface area contributed by atoms with Crippen LogP contribution >= 0.6 is 0 Å². The molecule has 0 unspecified atom stereocenters. The normalized spacial score (nSPS) is 17.1. The van der Waals surface area contributed by atoms with Gasteiger partial charge in [0.25, 0.3) is 0 Å². The van der Waals surface area contributed by atoms with E-state index in [0.717, 1.165) is 24.8 Å². The third kappa shape index (κ3) is 4.22. The number of carbonyl (C=O) groups excluding carboxylic acids is 1. The number of piperidine rings is 1. The summed E-state index contributed by atoms with van der Waals surface area (Å²) < 4.78 is 18.5. The van der Waals surface area contributed by atoms with Gasteiger partial charge in [-0.05, 0) is 48.8 Å². The molecule has 5 heteroatoms. The van der Waals surface area contributed by atoms with Gasteiger partial charge in [-0.25, -0.2) is 4.39 Å². The topological polar surface area (TPSA) is 49.8 Å². The van der Waals surface area contributed by atoms with Crippen LogP contribution in [0.1, 0.15) is 38.2 Å². The van der Waals surface area contributed by atoms with Gasteiger partial charge in [0.05, 0.1) is 7.11 Å². The summed E-state index contributed by atoms with van der Waals surface area (Å²) in [5.74, 6) is -0.0778. The summed E-state index contributed by atoms with van der Waals surface area (Å²) in [6, 6.07) is 4.81. The summed E-state index contributed by atoms with van der Waals surface area (Å²) >= 11 is 0. The first-order valence-electron chi connectivity index (χ1n) is 8.24. The monoisotopic (exact) mass is 323 g/mol. The van der Waals surface area contributed by atoms with Crippen LogP contribution in [0.15, 0.2) is 18.2 Å². The van der Waals surface area contributed by atoms with Crippen LogP contribution < -0.4 is 4.74 Å². The van der Waals surface area contributed by atoms with E-state index in [-0.39, 0.29) is 23.7 Å². The molecule has 0 spiro atoms. The first-order chi connectivity index (χ1) is 11.0. The van der Waals surface area contributed by atoms with Crippen molar-refractivity contribution in [1.82, 2.24) is 4.90 Å². The third-order valence-corrected chi connectivity index (χ3v) is 5.11. The maximum Gasteiger partial charge on any atom is 0.222 e. The lowest BCUT2D eigenvalue weighted by atomic mass is 9.77. The molecule has 1 aromatic rings. The highest BCUT2D eigenvalue weighted by molar-refractivity contribution is 5.76. The number of likely N-dealkylation sites (tertiary alicyclic amines) is 1. The van der Waals surface area contributed by atoms with Gasteiger partial charge < -0.3 is 14.7 Å². The van der Waals surface area contributed by atoms with Gasteiger partial charge in [-0.3, -0.25) is 4.79 Å². The number of amides is 1. The van der Waals surface area contributed by atoms with E-state index in [4.69, 9.17) is 4.74 Å². The van der Waals surface area contributed by atoms with Crippen molar-refractivity contribution in [3.05, 3.63) is 29.6 Å². The van der Waals surface area contributed by atoms with Crippen LogP contribution in [-0.4, -0.2) is 42.7 Å². The van der Waals surface area contributed by atoms with Crippen molar-refractivity contribution < 1.29 is 19.0 Å². The molecule has 4 nitrogen and oxygen atoms in total. The highest BCUT2D eigenvalue weighted by Gasteiger charge is 2.33. The lowest BCUT2D eigenvalue weighted by Crippen LogP contribution is -2.44. The molecule has 0 bridgehead atoms. The smallest absolute Gasteiger partial charge is 0.222 e. The lowest BCUT2D eigenvalue weighted by Gasteiger charge is -2.40. The van der Waals surface area contributed by atoms with Gasteiger partial charge in [0.15, 0.2) is 11.6 Å². The van der Waals surface area contributed by atoms with Crippen LogP contribution in [0, 0.1) is 11.2 Å². The molecule has 0 aromatic heterocycles. The second-order valence-corrected chi connectivity index (χ2v) is 6.36. The Morgan fingerprint density at radius 1 is 1.39 bits per heavy atom. The van der Waals surface area contributed by atoms with Gasteiger partial charge in [-0.2, -0.15) is 0 Å². The van der Waals surface area contributed by atoms with E-state index in [2.05, 4.69) is 6.92 Å². The Balaban J connectivity index is 1.85. The fraction of sp³-hybridized carbons (Fsp3) is 0.611. The van der Waals surface area contributed by atoms with Crippen LogP contribution in [0.25, 0.3) is 0 Å². The summed E-state index contributed by atoms with van der Waals surface area (Å²) in [5.41, 5.74) is 0.780. The minimum absolute atomic E-state index is 0.0180. The molecule has 1 aromatic carbocycles. The van der Waals surface area contributed by atoms with E-state index in [9.17, 15) is 14.3 Å². The molecule has 1 aliphatic rings. The highest BCUT2D eigenvalue weighted by Crippen LogP contribution is 2.34. The zero-order valence-corrected chi connectivity index (χ0v) is 14.0. The zero-order valence-electron chi connectivity index (χ0n) is 14.0. The molecule has 128 valence electrons. The average Bonchev–Trinajstić information content (AvgIpc) is 2.60. The van der Waals surface area contributed by atoms with E-state index in [1.54, 1.807) is 12.1 Å². The molecule has 1 heterocycles. The number of benzene rings is 1. The van der Waals surface area contributed by atoms with Crippen LogP contribution in [0.5, 0.6) is 5.75 Å². The van der Waals surface area contributed by atoms with Crippen molar-refractivity contribution in [2.75, 3.05) is 26.8 Å². The van der Waals surface area contributed by atoms with Crippen molar-refractivity contribution in [1.29, 1.82) is 0 Å². The van der Waals surface area contributed by atoms with E-state index >= 15 is 0 Å². The van der Waals surface area contributed by atoms with Crippen molar-refractivity contribution in [2.24, 2.45) is 5.41 Å². The quantitative estimate of drug-likeness (QED) is 0.876. The van der Waals surface area contributed by atoms with Gasteiger partial charge in [0.1, 0.15) is 0 Å². The molecule has 1 fully saturated rings. The van der Waals surface area contributed by atoms with Crippen LogP contribution in [-0.2, 0) is 11.2 Å². The first-order valence-corrected chi connectivity index (χ1v) is 8.24. The number of ether oxygens (including phenoxy) is 1. The molecule has 0 saturated carbocycles. The fourth-order valence-electron chi connectivity index (χ4n) is 3.13. The Kier molecular flexibility index (Phi) is 5.99. The van der Waals surface area contributed by atoms with Crippen LogP contribution in [0.4, 0.5) is 4.39 Å². The van der Waals surface area contributed by atoms with Crippen LogP contribution in [0.3, 0.4) is 0 Å². The predicted octanol–water partition coefficient (Wildman–Crippen LogP) is 2.78. The van der Waals surface area contributed by atoms with Gasteiger partial charge >= 0.3 is 0 Å². The number of hydrogen-bond donors (Lipinski definition) is 1. The summed E-state index contributed by atoms with van der Waals surface area (Å²) in [5, 5.41) is 9.54. The second kappa shape index (κ2) is 7.77. The molecule has 1 saturated heterocycles. The fourth-order valence-corrected chi connectivity index (χ4v) is 3.13. The van der Waals surface area contributed by atoms with E-state index < -0.39 is 5.82 Å². The summed E-state index contributed by atoms with van der Waals surface area (Å²) in [4.78, 5) is 14.2. The van der Waals surface area contributed by atoms with E-state index in [1.165, 1.54) is 13.2 Å². The Hall–Kier alpha value is -1.62. The van der Waals surface area contributed by atoms with Gasteiger partial charge in [-0.15, -0.1) is 0 Å². The molecule has 1 aliphatic heterocycles. The van der Waals surface area contributed by atoms with Crippen molar-refractivity contribution in [2.45, 2.75) is 39.0 Å². The van der Waals surface area contributed by atoms with E-state index in [1.807, 2.05) is 4.90 Å². The van der Waals surface area contributed by atoms with Gasteiger partial charge in [0.2, 0.25) is 5.91 Å². The summed E-state index contributed by atoms with van der Waals surface area (Å²) in [6.45, 7) is 3.68. The summed E-state index contributed by atoms with van der Waals surface area (Å²) in [7, 11) is 1.43. The molecule has 0 atom stereocenters. The number of nitrogens with zero attached hydrogens (tertiary/aromatic N) is 1. The Morgan fingerprint density at radius 2 is 2.09 bits per heavy atom. The maximum atomic E-state index is 13.6. The standard InChI is InChI=1S/C18H26FNO3/c1-3-18(13-21)8-10-20(11-9-18)17(22)7-5-14-4-6-16(23-2)15(19)12-14/h4,6,12,21H,3,5,7-11,13H2,1-2H3. The Bertz CT molecular complexity index is 533. The number of aliphatic hydroxyl groups excluding tert-OH is 1. The van der Waals surface area contributed by atoms with Crippen molar-refractivity contribution in [3.8, 4) is 5.75 Å². The highest BCUT2D eigenvalue weighted by atomic mass is 19.1. The van der Waals surface area contributed by atoms with Gasteiger partial charge in [0, 0.05) is 26.1 Å².